The van der Waals surface area contributed by atoms with Gasteiger partial charge in [0.1, 0.15) is 4.75 Å². The molecule has 1 rings (SSSR count). The van der Waals surface area contributed by atoms with E-state index >= 15 is 0 Å². The molecule has 0 atom stereocenters. The van der Waals surface area contributed by atoms with Crippen LogP contribution in [0.15, 0.2) is 35.2 Å². The molecule has 0 aliphatic rings. The summed E-state index contributed by atoms with van der Waals surface area (Å²) in [7, 11) is 3.23. The Bertz CT molecular complexity index is 300. The van der Waals surface area contributed by atoms with Crippen LogP contribution < -0.4 is 0 Å². The molecule has 1 aromatic carbocycles. The van der Waals surface area contributed by atoms with Crippen molar-refractivity contribution in [3.8, 4) is 6.07 Å². The average Bonchev–Trinajstić information content (AvgIpc) is 2.17. The van der Waals surface area contributed by atoms with Crippen molar-refractivity contribution in [1.82, 2.24) is 0 Å². The molecular weight excluding hydrogens is 198 g/mol. The van der Waals surface area contributed by atoms with Crippen LogP contribution in [0.25, 0.3) is 0 Å². The summed E-state index contributed by atoms with van der Waals surface area (Å²) in [6.45, 7) is 3.85. The highest BCUT2D eigenvalue weighted by Crippen LogP contribution is 2.39. The van der Waals surface area contributed by atoms with Crippen LogP contribution in [-0.2, 0) is 0 Å². The molecular formula is C10H11NS2. The standard InChI is InChI=1S/C10H11NS2/c1-10(2,8-11)13-12-9-6-4-3-5-7-9/h3-7H,1-2H3. The minimum Gasteiger partial charge on any atom is -0.197 e. The lowest BCUT2D eigenvalue weighted by molar-refractivity contribution is 0.922. The van der Waals surface area contributed by atoms with E-state index in [1.165, 1.54) is 4.90 Å². The normalized spacial score (nSPS) is 10.8. The van der Waals surface area contributed by atoms with Crippen molar-refractivity contribution < 1.29 is 0 Å². The Morgan fingerprint density at radius 1 is 1.23 bits per heavy atom. The molecule has 0 saturated carbocycles. The van der Waals surface area contributed by atoms with E-state index in [4.69, 9.17) is 5.26 Å². The second kappa shape index (κ2) is 4.59. The summed E-state index contributed by atoms with van der Waals surface area (Å²) in [5.74, 6) is 0. The van der Waals surface area contributed by atoms with Crippen LogP contribution >= 0.6 is 21.6 Å². The van der Waals surface area contributed by atoms with E-state index < -0.39 is 0 Å². The van der Waals surface area contributed by atoms with Gasteiger partial charge in [-0.2, -0.15) is 5.26 Å². The van der Waals surface area contributed by atoms with Gasteiger partial charge in [-0.25, -0.2) is 0 Å². The van der Waals surface area contributed by atoms with Gasteiger partial charge in [0.15, 0.2) is 0 Å². The summed E-state index contributed by atoms with van der Waals surface area (Å²) < 4.78 is -0.319. The second-order valence-corrected chi connectivity index (χ2v) is 5.93. The molecule has 0 aliphatic heterocycles. The molecule has 0 N–H and O–H groups in total. The highest BCUT2D eigenvalue weighted by Gasteiger charge is 2.17. The first-order valence-electron chi connectivity index (χ1n) is 3.96. The smallest absolute Gasteiger partial charge is 0.107 e. The SMILES string of the molecule is CC(C)(C#N)SSc1ccccc1. The fraction of sp³-hybridized carbons (Fsp3) is 0.300. The van der Waals surface area contributed by atoms with Gasteiger partial charge in [0.05, 0.1) is 6.07 Å². The van der Waals surface area contributed by atoms with Crippen LogP contribution in [0.4, 0.5) is 0 Å². The fourth-order valence-electron chi connectivity index (χ4n) is 0.647. The van der Waals surface area contributed by atoms with Crippen LogP contribution in [0.1, 0.15) is 13.8 Å². The number of benzene rings is 1. The molecule has 3 heteroatoms. The Balaban J connectivity index is 2.50. The Morgan fingerprint density at radius 3 is 2.38 bits per heavy atom. The van der Waals surface area contributed by atoms with E-state index in [-0.39, 0.29) is 4.75 Å². The molecule has 0 aromatic heterocycles. The predicted molar refractivity (Wildman–Crippen MR) is 59.6 cm³/mol. The lowest BCUT2D eigenvalue weighted by atomic mass is 10.2. The molecule has 0 fully saturated rings. The zero-order valence-corrected chi connectivity index (χ0v) is 9.28. The predicted octanol–water partition coefficient (Wildman–Crippen LogP) is 3.73. The minimum absolute atomic E-state index is 0.319. The third kappa shape index (κ3) is 3.75. The van der Waals surface area contributed by atoms with Gasteiger partial charge in [-0.05, 0) is 26.0 Å². The van der Waals surface area contributed by atoms with Crippen molar-refractivity contribution in [2.45, 2.75) is 23.5 Å². The number of nitrogens with zero attached hydrogens (tertiary/aromatic N) is 1. The van der Waals surface area contributed by atoms with Gasteiger partial charge >= 0.3 is 0 Å². The first-order chi connectivity index (χ1) is 6.14. The molecule has 0 radical (unpaired) electrons. The molecule has 0 bridgehead atoms. The summed E-state index contributed by atoms with van der Waals surface area (Å²) in [5, 5.41) is 8.79. The molecule has 68 valence electrons. The maximum Gasteiger partial charge on any atom is 0.107 e. The molecule has 0 amide bonds. The third-order valence-corrected chi connectivity index (χ3v) is 4.49. The monoisotopic (exact) mass is 209 g/mol. The van der Waals surface area contributed by atoms with Crippen molar-refractivity contribution in [1.29, 1.82) is 5.26 Å². The number of hydrogen-bond acceptors (Lipinski definition) is 3. The molecule has 0 aliphatic carbocycles. The molecule has 0 saturated heterocycles. The summed E-state index contributed by atoms with van der Waals surface area (Å²) in [4.78, 5) is 1.19. The molecule has 0 heterocycles. The molecule has 0 spiro atoms. The molecule has 1 nitrogen and oxygen atoms in total. The number of rotatable bonds is 3. The average molecular weight is 209 g/mol. The van der Waals surface area contributed by atoms with Gasteiger partial charge in [0, 0.05) is 4.90 Å². The maximum atomic E-state index is 8.79. The lowest BCUT2D eigenvalue weighted by Gasteiger charge is -2.12. The van der Waals surface area contributed by atoms with E-state index in [1.54, 1.807) is 21.6 Å². The summed E-state index contributed by atoms with van der Waals surface area (Å²) in [6, 6.07) is 12.3. The van der Waals surface area contributed by atoms with Crippen LogP contribution in [0.3, 0.4) is 0 Å². The van der Waals surface area contributed by atoms with E-state index in [2.05, 4.69) is 6.07 Å². The molecule has 1 aromatic rings. The Hall–Kier alpha value is -0.590. The highest BCUT2D eigenvalue weighted by atomic mass is 33.1. The van der Waals surface area contributed by atoms with Gasteiger partial charge in [-0.15, -0.1) is 0 Å². The van der Waals surface area contributed by atoms with Gasteiger partial charge in [0.25, 0.3) is 0 Å². The van der Waals surface area contributed by atoms with Crippen molar-refractivity contribution in [2.75, 3.05) is 0 Å². The number of hydrogen-bond donors (Lipinski definition) is 0. The largest absolute Gasteiger partial charge is 0.197 e. The van der Waals surface area contributed by atoms with Crippen LogP contribution in [-0.4, -0.2) is 4.75 Å². The van der Waals surface area contributed by atoms with E-state index in [1.807, 2.05) is 44.2 Å². The van der Waals surface area contributed by atoms with Gasteiger partial charge in [-0.3, -0.25) is 0 Å². The van der Waals surface area contributed by atoms with Crippen molar-refractivity contribution >= 4 is 21.6 Å². The van der Waals surface area contributed by atoms with Gasteiger partial charge in [0.2, 0.25) is 0 Å². The zero-order valence-electron chi connectivity index (χ0n) is 7.65. The molecule has 13 heavy (non-hydrogen) atoms. The van der Waals surface area contributed by atoms with Crippen molar-refractivity contribution in [3.63, 3.8) is 0 Å². The Kier molecular flexibility index (Phi) is 3.71. The quantitative estimate of drug-likeness (QED) is 0.709. The van der Waals surface area contributed by atoms with Crippen molar-refractivity contribution in [3.05, 3.63) is 30.3 Å². The topological polar surface area (TPSA) is 23.8 Å². The highest BCUT2D eigenvalue weighted by molar-refractivity contribution is 8.77. The number of nitriles is 1. The molecule has 0 unspecified atom stereocenters. The van der Waals surface area contributed by atoms with E-state index in [0.29, 0.717) is 0 Å². The summed E-state index contributed by atoms with van der Waals surface area (Å²) >= 11 is 0. The van der Waals surface area contributed by atoms with Crippen molar-refractivity contribution in [2.24, 2.45) is 0 Å². The summed E-state index contributed by atoms with van der Waals surface area (Å²) in [6.07, 6.45) is 0. The zero-order chi connectivity index (χ0) is 9.73. The fourth-order valence-corrected chi connectivity index (χ4v) is 2.62. The first kappa shape index (κ1) is 10.5. The van der Waals surface area contributed by atoms with Crippen LogP contribution in [0, 0.1) is 11.3 Å². The Morgan fingerprint density at radius 2 is 1.85 bits per heavy atom. The lowest BCUT2D eigenvalue weighted by Crippen LogP contribution is -2.07. The van der Waals surface area contributed by atoms with Gasteiger partial charge < -0.3 is 0 Å². The first-order valence-corrected chi connectivity index (χ1v) is 6.11. The van der Waals surface area contributed by atoms with E-state index in [0.717, 1.165) is 0 Å². The van der Waals surface area contributed by atoms with Crippen LogP contribution in [0.5, 0.6) is 0 Å². The van der Waals surface area contributed by atoms with Gasteiger partial charge in [-0.1, -0.05) is 39.8 Å². The minimum atomic E-state index is -0.319. The third-order valence-electron chi connectivity index (χ3n) is 1.36. The summed E-state index contributed by atoms with van der Waals surface area (Å²) in [5.41, 5.74) is 0. The second-order valence-electron chi connectivity index (χ2n) is 3.10. The maximum absolute atomic E-state index is 8.79. The Labute approximate surface area is 86.9 Å². The van der Waals surface area contributed by atoms with Crippen LogP contribution in [0.2, 0.25) is 0 Å². The van der Waals surface area contributed by atoms with E-state index in [9.17, 15) is 0 Å².